The predicted octanol–water partition coefficient (Wildman–Crippen LogP) is 3.18. The van der Waals surface area contributed by atoms with E-state index in [2.05, 4.69) is 5.32 Å². The molecule has 122 valence electrons. The molecule has 0 saturated carbocycles. The zero-order chi connectivity index (χ0) is 15.9. The van der Waals surface area contributed by atoms with Crippen molar-refractivity contribution in [2.75, 3.05) is 13.2 Å². The van der Waals surface area contributed by atoms with E-state index >= 15 is 0 Å². The number of hydrogen-bond donors (Lipinski definition) is 1. The minimum atomic E-state index is -0.571. The average Bonchev–Trinajstić information content (AvgIpc) is 2.53. The van der Waals surface area contributed by atoms with E-state index in [1.165, 1.54) is 36.4 Å². The maximum absolute atomic E-state index is 13.3. The smallest absolute Gasteiger partial charge is 0.270 e. The molecule has 2 aromatic rings. The third-order valence-corrected chi connectivity index (χ3v) is 2.80. The molecule has 0 saturated heterocycles. The fraction of sp³-hybridized carbons (Fsp3) is 0.188. The Morgan fingerprint density at radius 2 is 1.96 bits per heavy atom. The molecule has 0 atom stereocenters. The highest BCUT2D eigenvalue weighted by Gasteiger charge is 2.11. The Balaban J connectivity index is 0.00000264. The fourth-order valence-corrected chi connectivity index (χ4v) is 1.75. The van der Waals surface area contributed by atoms with Crippen LogP contribution < -0.4 is 10.1 Å². The van der Waals surface area contributed by atoms with E-state index in [0.29, 0.717) is 0 Å². The van der Waals surface area contributed by atoms with Gasteiger partial charge in [0.1, 0.15) is 6.61 Å². The first kappa shape index (κ1) is 18.1. The average molecular weight is 320 g/mol. The van der Waals surface area contributed by atoms with Crippen molar-refractivity contribution >= 4 is 11.6 Å². The summed E-state index contributed by atoms with van der Waals surface area (Å²) in [7, 11) is 0. The number of rotatable bonds is 6. The van der Waals surface area contributed by atoms with Crippen LogP contribution in [0.2, 0.25) is 0 Å². The van der Waals surface area contributed by atoms with Crippen molar-refractivity contribution < 1.29 is 18.8 Å². The van der Waals surface area contributed by atoms with Gasteiger partial charge in [-0.1, -0.05) is 25.6 Å². The van der Waals surface area contributed by atoms with Crippen molar-refractivity contribution in [1.82, 2.24) is 5.32 Å². The first-order valence-corrected chi connectivity index (χ1v) is 6.48. The SMILES string of the molecule is C.O=C(NCCOc1ccccc1F)c1cccc([N+](=O)[O-])c1. The Kier molecular flexibility index (Phi) is 6.67. The molecule has 0 aliphatic heterocycles. The summed E-state index contributed by atoms with van der Waals surface area (Å²) in [5.74, 6) is -0.833. The van der Waals surface area contributed by atoms with Crippen molar-refractivity contribution in [3.05, 3.63) is 70.0 Å². The number of carbonyl (C=O) groups excluding carboxylic acids is 1. The minimum Gasteiger partial charge on any atom is -0.489 e. The zero-order valence-electron chi connectivity index (χ0n) is 11.5. The molecule has 0 spiro atoms. The van der Waals surface area contributed by atoms with E-state index in [4.69, 9.17) is 4.74 Å². The van der Waals surface area contributed by atoms with E-state index in [1.807, 2.05) is 0 Å². The molecule has 0 radical (unpaired) electrons. The molecule has 2 aromatic carbocycles. The van der Waals surface area contributed by atoms with Crippen molar-refractivity contribution in [2.45, 2.75) is 7.43 Å². The first-order valence-electron chi connectivity index (χ1n) is 6.48. The lowest BCUT2D eigenvalue weighted by molar-refractivity contribution is -0.384. The molecule has 2 rings (SSSR count). The van der Waals surface area contributed by atoms with Crippen LogP contribution in [0.3, 0.4) is 0 Å². The van der Waals surface area contributed by atoms with Gasteiger partial charge in [-0.05, 0) is 18.2 Å². The molecule has 0 aliphatic carbocycles. The molecule has 0 bridgehead atoms. The molecule has 7 heteroatoms. The Bertz CT molecular complexity index is 691. The van der Waals surface area contributed by atoms with Gasteiger partial charge in [0.05, 0.1) is 11.5 Å². The van der Waals surface area contributed by atoms with Crippen LogP contribution in [0.4, 0.5) is 10.1 Å². The van der Waals surface area contributed by atoms with Crippen molar-refractivity contribution in [3.63, 3.8) is 0 Å². The van der Waals surface area contributed by atoms with Gasteiger partial charge in [0, 0.05) is 17.7 Å². The van der Waals surface area contributed by atoms with E-state index in [1.54, 1.807) is 12.1 Å². The largest absolute Gasteiger partial charge is 0.489 e. The zero-order valence-corrected chi connectivity index (χ0v) is 11.5. The summed E-state index contributed by atoms with van der Waals surface area (Å²) in [5.41, 5.74) is 0.0235. The number of nitro benzene ring substituents is 1. The van der Waals surface area contributed by atoms with Gasteiger partial charge in [0.25, 0.3) is 11.6 Å². The van der Waals surface area contributed by atoms with Gasteiger partial charge in [-0.2, -0.15) is 0 Å². The maximum atomic E-state index is 13.3. The normalized spacial score (nSPS) is 9.61. The Hall–Kier alpha value is -2.96. The summed E-state index contributed by atoms with van der Waals surface area (Å²) in [6.07, 6.45) is 0. The van der Waals surface area contributed by atoms with E-state index < -0.39 is 16.6 Å². The Morgan fingerprint density at radius 1 is 1.22 bits per heavy atom. The van der Waals surface area contributed by atoms with Gasteiger partial charge >= 0.3 is 0 Å². The van der Waals surface area contributed by atoms with Crippen molar-refractivity contribution in [2.24, 2.45) is 0 Å². The summed E-state index contributed by atoms with van der Waals surface area (Å²) in [4.78, 5) is 21.9. The van der Waals surface area contributed by atoms with E-state index in [-0.39, 0.29) is 37.6 Å². The second-order valence-electron chi connectivity index (χ2n) is 4.34. The standard InChI is InChI=1S/C15H13FN2O4.CH4/c16-13-6-1-2-7-14(13)22-9-8-17-15(19)11-4-3-5-12(10-11)18(20)21;/h1-7,10H,8-9H2,(H,17,19);1H4. The van der Waals surface area contributed by atoms with Gasteiger partial charge in [-0.15, -0.1) is 0 Å². The van der Waals surface area contributed by atoms with Crippen LogP contribution in [0.15, 0.2) is 48.5 Å². The fourth-order valence-electron chi connectivity index (χ4n) is 1.75. The highest BCUT2D eigenvalue weighted by atomic mass is 19.1. The first-order chi connectivity index (χ1) is 10.6. The molecule has 0 unspecified atom stereocenters. The van der Waals surface area contributed by atoms with Gasteiger partial charge in [-0.3, -0.25) is 14.9 Å². The van der Waals surface area contributed by atoms with Crippen LogP contribution in [0, 0.1) is 15.9 Å². The van der Waals surface area contributed by atoms with Crippen LogP contribution in [0.25, 0.3) is 0 Å². The quantitative estimate of drug-likeness (QED) is 0.503. The molecule has 6 nitrogen and oxygen atoms in total. The van der Waals surface area contributed by atoms with E-state index in [9.17, 15) is 19.3 Å². The summed E-state index contributed by atoms with van der Waals surface area (Å²) in [5, 5.41) is 13.2. The van der Waals surface area contributed by atoms with Gasteiger partial charge in [0.15, 0.2) is 11.6 Å². The summed E-state index contributed by atoms with van der Waals surface area (Å²) < 4.78 is 18.5. The van der Waals surface area contributed by atoms with Crippen molar-refractivity contribution in [3.8, 4) is 5.75 Å². The number of nitrogens with zero attached hydrogens (tertiary/aromatic N) is 1. The third kappa shape index (κ3) is 5.06. The number of nitro groups is 1. The maximum Gasteiger partial charge on any atom is 0.270 e. The number of halogens is 1. The topological polar surface area (TPSA) is 81.5 Å². The van der Waals surface area contributed by atoms with E-state index in [0.717, 1.165) is 0 Å². The second-order valence-corrected chi connectivity index (χ2v) is 4.34. The van der Waals surface area contributed by atoms with Gasteiger partial charge in [0.2, 0.25) is 0 Å². The minimum absolute atomic E-state index is 0. The molecule has 0 aliphatic rings. The molecule has 1 amide bonds. The van der Waals surface area contributed by atoms with Gasteiger partial charge in [-0.25, -0.2) is 4.39 Å². The molecular formula is C16H17FN2O4. The molecule has 0 heterocycles. The van der Waals surface area contributed by atoms with Crippen LogP contribution in [0.1, 0.15) is 17.8 Å². The summed E-state index contributed by atoms with van der Waals surface area (Å²) in [6.45, 7) is 0.234. The number of carbonyl (C=O) groups is 1. The van der Waals surface area contributed by atoms with Crippen LogP contribution in [0.5, 0.6) is 5.75 Å². The lowest BCUT2D eigenvalue weighted by atomic mass is 10.2. The molecule has 0 fully saturated rings. The molecule has 23 heavy (non-hydrogen) atoms. The molecular weight excluding hydrogens is 303 g/mol. The monoisotopic (exact) mass is 320 g/mol. The number of amides is 1. The van der Waals surface area contributed by atoms with Crippen LogP contribution >= 0.6 is 0 Å². The number of benzene rings is 2. The Labute approximate surface area is 133 Å². The molecule has 1 N–H and O–H groups in total. The highest BCUT2D eigenvalue weighted by Crippen LogP contribution is 2.15. The summed E-state index contributed by atoms with van der Waals surface area (Å²) >= 11 is 0. The second kappa shape index (κ2) is 8.47. The Morgan fingerprint density at radius 3 is 2.65 bits per heavy atom. The number of para-hydroxylation sites is 1. The lowest BCUT2D eigenvalue weighted by Gasteiger charge is -2.08. The van der Waals surface area contributed by atoms with Crippen LogP contribution in [-0.4, -0.2) is 24.0 Å². The van der Waals surface area contributed by atoms with Gasteiger partial charge < -0.3 is 10.1 Å². The molecule has 0 aromatic heterocycles. The van der Waals surface area contributed by atoms with Crippen molar-refractivity contribution in [1.29, 1.82) is 0 Å². The highest BCUT2D eigenvalue weighted by molar-refractivity contribution is 5.94. The number of non-ortho nitro benzene ring substituents is 1. The van der Waals surface area contributed by atoms with Crippen LogP contribution in [-0.2, 0) is 0 Å². The number of ether oxygens (including phenoxy) is 1. The number of hydrogen-bond acceptors (Lipinski definition) is 4. The summed E-state index contributed by atoms with van der Waals surface area (Å²) in [6, 6.07) is 11.3. The predicted molar refractivity (Wildman–Crippen MR) is 84.1 cm³/mol. The third-order valence-electron chi connectivity index (χ3n) is 2.80. The number of nitrogens with one attached hydrogen (secondary N) is 1. The lowest BCUT2D eigenvalue weighted by Crippen LogP contribution is -2.28.